The van der Waals surface area contributed by atoms with Crippen molar-refractivity contribution in [3.63, 3.8) is 0 Å². The zero-order valence-corrected chi connectivity index (χ0v) is 29.6. The van der Waals surface area contributed by atoms with Crippen molar-refractivity contribution < 1.29 is 32.7 Å². The van der Waals surface area contributed by atoms with Crippen molar-refractivity contribution >= 4 is 76.3 Å². The Morgan fingerprint density at radius 1 is 0.957 bits per heavy atom. The minimum atomic E-state index is -3.94. The lowest BCUT2D eigenvalue weighted by Crippen LogP contribution is -2.49. The number of hydrogen-bond donors (Lipinski definition) is 7. The zero-order chi connectivity index (χ0) is 34.7. The molecule has 0 saturated heterocycles. The van der Waals surface area contributed by atoms with Crippen LogP contribution in [0, 0.1) is 6.92 Å². The summed E-state index contributed by atoms with van der Waals surface area (Å²) in [4.78, 5) is 51.6. The molecule has 0 fully saturated rings. The third-order valence-electron chi connectivity index (χ3n) is 7.84. The van der Waals surface area contributed by atoms with Gasteiger partial charge in [-0.15, -0.1) is 0 Å². The molecule has 0 bridgehead atoms. The number of rotatable bonds is 18. The van der Waals surface area contributed by atoms with Crippen molar-refractivity contribution in [2.75, 3.05) is 41.8 Å². The molecule has 4 atom stereocenters. The van der Waals surface area contributed by atoms with Gasteiger partial charge in [0, 0.05) is 65.8 Å². The highest BCUT2D eigenvalue weighted by Crippen LogP contribution is 2.44. The van der Waals surface area contributed by atoms with Gasteiger partial charge in [-0.25, -0.2) is 8.42 Å². The van der Waals surface area contributed by atoms with Crippen LogP contribution < -0.4 is 25.6 Å². The van der Waals surface area contributed by atoms with Crippen LogP contribution >= 0.6 is 36.9 Å². The Labute approximate surface area is 291 Å². The summed E-state index contributed by atoms with van der Waals surface area (Å²) < 4.78 is 27.6. The first-order valence-corrected chi connectivity index (χ1v) is 18.5. The number of carbonyl (C=O) groups is 4. The number of sulfonamides is 1. The first-order chi connectivity index (χ1) is 22.3. The van der Waals surface area contributed by atoms with E-state index >= 15 is 0 Å². The highest BCUT2D eigenvalue weighted by atomic mass is 35.5. The van der Waals surface area contributed by atoms with Gasteiger partial charge < -0.3 is 26.0 Å². The third kappa shape index (κ3) is 11.1. The number of nitrogens with zero attached hydrogens (tertiary/aromatic N) is 1. The largest absolute Gasteiger partial charge is 0.480 e. The van der Waals surface area contributed by atoms with Gasteiger partial charge in [-0.05, 0) is 62.6 Å². The summed E-state index contributed by atoms with van der Waals surface area (Å²) in [5.74, 6) is -2.62. The second-order valence-corrected chi connectivity index (χ2v) is 14.4. The average Bonchev–Trinajstić information content (AvgIpc) is 3.27. The number of benzene rings is 2. The van der Waals surface area contributed by atoms with E-state index in [2.05, 4.69) is 45.9 Å². The molecular weight excluding hydrogens is 686 g/mol. The summed E-state index contributed by atoms with van der Waals surface area (Å²) in [6.45, 7) is 4.61. The van der Waals surface area contributed by atoms with E-state index < -0.39 is 45.9 Å². The molecule has 0 aliphatic carbocycles. The first kappa shape index (κ1) is 38.6. The van der Waals surface area contributed by atoms with Gasteiger partial charge >= 0.3 is 5.97 Å². The maximum Gasteiger partial charge on any atom is 0.321 e. The molecule has 16 heteroatoms. The normalized spacial score (nSPS) is 17.1. The molecule has 258 valence electrons. The van der Waals surface area contributed by atoms with E-state index in [1.807, 2.05) is 32.0 Å². The number of anilines is 1. The van der Waals surface area contributed by atoms with Crippen LogP contribution in [-0.4, -0.2) is 92.2 Å². The van der Waals surface area contributed by atoms with E-state index in [4.69, 9.17) is 16.7 Å². The fourth-order valence-corrected chi connectivity index (χ4v) is 7.16. The van der Waals surface area contributed by atoms with E-state index in [1.165, 1.54) is 0 Å². The van der Waals surface area contributed by atoms with Crippen LogP contribution in [0.15, 0.2) is 42.5 Å². The van der Waals surface area contributed by atoms with Crippen LogP contribution in [0.5, 0.6) is 0 Å². The molecule has 12 nitrogen and oxygen atoms in total. The van der Waals surface area contributed by atoms with Gasteiger partial charge in [-0.1, -0.05) is 29.3 Å². The van der Waals surface area contributed by atoms with Crippen molar-refractivity contribution in [1.82, 2.24) is 20.7 Å². The molecular formula is C31H42ClN5O7S3. The second kappa shape index (κ2) is 18.1. The lowest BCUT2D eigenvalue weighted by atomic mass is 9.91. The Kier molecular flexibility index (Phi) is 14.9. The van der Waals surface area contributed by atoms with E-state index in [0.29, 0.717) is 35.8 Å². The van der Waals surface area contributed by atoms with Crippen molar-refractivity contribution in [2.45, 2.75) is 57.2 Å². The molecule has 0 aromatic heterocycles. The molecule has 5 N–H and O–H groups in total. The summed E-state index contributed by atoms with van der Waals surface area (Å²) in [5.41, 5.74) is 2.88. The van der Waals surface area contributed by atoms with Gasteiger partial charge in [0.1, 0.15) is 6.04 Å². The molecule has 3 amide bonds. The molecule has 1 heterocycles. The van der Waals surface area contributed by atoms with Crippen LogP contribution in [-0.2, 0) is 24.4 Å². The van der Waals surface area contributed by atoms with Gasteiger partial charge in [0.15, 0.2) is 0 Å². The van der Waals surface area contributed by atoms with E-state index in [0.717, 1.165) is 11.1 Å². The quantitative estimate of drug-likeness (QED) is 0.0899. The number of aliphatic carboxylic acids is 1. The predicted molar refractivity (Wildman–Crippen MR) is 189 cm³/mol. The number of carboxylic acid groups (broad SMARTS) is 1. The Morgan fingerprint density at radius 2 is 1.60 bits per heavy atom. The molecule has 1 aliphatic rings. The highest BCUT2D eigenvalue weighted by molar-refractivity contribution is 7.90. The van der Waals surface area contributed by atoms with Gasteiger partial charge in [0.05, 0.1) is 11.8 Å². The van der Waals surface area contributed by atoms with Gasteiger partial charge in [-0.2, -0.15) is 25.3 Å². The average molecular weight is 728 g/mol. The molecule has 3 rings (SSSR count). The van der Waals surface area contributed by atoms with Crippen LogP contribution in [0.1, 0.15) is 53.6 Å². The fourth-order valence-electron chi connectivity index (χ4n) is 5.34. The number of nitrogens with one attached hydrogen (secondary N) is 4. The van der Waals surface area contributed by atoms with E-state index in [-0.39, 0.29) is 48.5 Å². The molecule has 1 aliphatic heterocycles. The summed E-state index contributed by atoms with van der Waals surface area (Å²) in [6, 6.07) is 10.4. The highest BCUT2D eigenvalue weighted by Gasteiger charge is 2.40. The smallest absolute Gasteiger partial charge is 0.321 e. The first-order valence-electron chi connectivity index (χ1n) is 15.2. The van der Waals surface area contributed by atoms with Gasteiger partial charge in [0.25, 0.3) is 5.91 Å². The van der Waals surface area contributed by atoms with Crippen molar-refractivity contribution in [1.29, 1.82) is 0 Å². The van der Waals surface area contributed by atoms with Crippen molar-refractivity contribution in [3.8, 4) is 0 Å². The SMILES string of the molecule is Cc1ccc2c(c1)C(CC(=O)NS(=O)(=O)CCCCNC(=O)[C@H](CS)NCCN[C@@H](CS)C(=O)O)C(C)N2C(=O)c1ccc(Cl)cc1. The van der Waals surface area contributed by atoms with Crippen molar-refractivity contribution in [2.24, 2.45) is 0 Å². The number of fused-ring (bicyclic) bond motifs is 1. The number of carbonyl (C=O) groups excluding carboxylic acids is 3. The van der Waals surface area contributed by atoms with E-state index in [9.17, 15) is 27.6 Å². The topological polar surface area (TPSA) is 174 Å². The fraction of sp³-hybridized carbons (Fsp3) is 0.484. The predicted octanol–water partition coefficient (Wildman–Crippen LogP) is 2.37. The maximum atomic E-state index is 13.5. The van der Waals surface area contributed by atoms with Crippen LogP contribution in [0.3, 0.4) is 0 Å². The summed E-state index contributed by atoms with van der Waals surface area (Å²) in [5, 5.41) is 18.1. The second-order valence-electron chi connectivity index (χ2n) is 11.4. The maximum absolute atomic E-state index is 13.5. The third-order valence-corrected chi connectivity index (χ3v) is 10.2. The molecule has 47 heavy (non-hydrogen) atoms. The summed E-state index contributed by atoms with van der Waals surface area (Å²) >= 11 is 14.2. The molecule has 2 unspecified atom stereocenters. The van der Waals surface area contributed by atoms with Crippen LogP contribution in [0.25, 0.3) is 0 Å². The number of carboxylic acids is 1. The van der Waals surface area contributed by atoms with Gasteiger partial charge in [-0.3, -0.25) is 23.9 Å². The Balaban J connectivity index is 1.47. The zero-order valence-electron chi connectivity index (χ0n) is 26.2. The lowest BCUT2D eigenvalue weighted by Gasteiger charge is -2.25. The number of aryl methyl sites for hydroxylation is 1. The lowest BCUT2D eigenvalue weighted by molar-refractivity contribution is -0.138. The minimum absolute atomic E-state index is 0.128. The van der Waals surface area contributed by atoms with Crippen molar-refractivity contribution in [3.05, 3.63) is 64.2 Å². The molecule has 0 spiro atoms. The Bertz CT molecular complexity index is 1530. The van der Waals surface area contributed by atoms with Gasteiger partial charge in [0.2, 0.25) is 21.8 Å². The van der Waals surface area contributed by atoms with Crippen LogP contribution in [0.2, 0.25) is 5.02 Å². The number of hydrogen-bond acceptors (Lipinski definition) is 10. The molecule has 2 aromatic carbocycles. The summed E-state index contributed by atoms with van der Waals surface area (Å²) in [7, 11) is -3.94. The molecule has 0 radical (unpaired) electrons. The molecule has 2 aromatic rings. The Hall–Kier alpha value is -2.82. The standard InChI is InChI=1S/C31H42ClN5O7S3/c1-19-5-10-27-24(15-19)23(20(2)37(27)30(40)21-6-8-22(32)9-7-21)16-28(38)36-47(43,44)14-4-3-11-35-29(39)25(17-45)33-12-13-34-26(18-46)31(41)42/h5-10,15,20,23,25-26,33-34,45-46H,3-4,11-14,16-18H2,1-2H3,(H,35,39)(H,36,38)(H,41,42)/t20?,23?,25-,26-/m0/s1. The number of thiol groups is 2. The summed E-state index contributed by atoms with van der Waals surface area (Å²) in [6.07, 6.45) is 0.436. The number of amides is 3. The van der Waals surface area contributed by atoms with E-state index in [1.54, 1.807) is 29.2 Å². The Morgan fingerprint density at radius 3 is 2.21 bits per heavy atom. The minimum Gasteiger partial charge on any atom is -0.480 e. The monoisotopic (exact) mass is 727 g/mol. The number of halogens is 1. The number of unbranched alkanes of at least 4 members (excludes halogenated alkanes) is 1. The molecule has 0 saturated carbocycles. The van der Waals surface area contributed by atoms with Crippen LogP contribution in [0.4, 0.5) is 5.69 Å².